The number of nitrogens with zero attached hydrogens (tertiary/aromatic N) is 1. The minimum absolute atomic E-state index is 0.369. The molecule has 0 saturated carbocycles. The number of carbonyl (C=O) groups is 1. The van der Waals surface area contributed by atoms with Gasteiger partial charge in [-0.15, -0.1) is 0 Å². The number of para-hydroxylation sites is 1. The van der Waals surface area contributed by atoms with Crippen molar-refractivity contribution in [2.24, 2.45) is 0 Å². The molecule has 4 rings (SSSR count). The highest BCUT2D eigenvalue weighted by Crippen LogP contribution is 2.36. The lowest BCUT2D eigenvalue weighted by Crippen LogP contribution is -2.10. The zero-order valence-electron chi connectivity index (χ0n) is 17.4. The topological polar surface area (TPSA) is 29.5 Å². The molecule has 152 valence electrons. The summed E-state index contributed by atoms with van der Waals surface area (Å²) in [4.78, 5) is 14.0. The van der Waals surface area contributed by atoms with Crippen LogP contribution in [0.25, 0.3) is 11.1 Å². The third-order valence-corrected chi connectivity index (χ3v) is 4.90. The van der Waals surface area contributed by atoms with Crippen LogP contribution in [0.3, 0.4) is 0 Å². The standard InChI is InChI=1S/C28H23NO2/c1-21(2)28(30)31-27-19-17-26(18-20-27)29(24-11-7-4-8-12-24)25-15-13-23(14-16-25)22-9-5-3-6-10-22/h3-20H,1H2,2H3. The van der Waals surface area contributed by atoms with Crippen molar-refractivity contribution in [3.63, 3.8) is 0 Å². The molecule has 0 atom stereocenters. The molecule has 0 spiro atoms. The highest BCUT2D eigenvalue weighted by molar-refractivity contribution is 5.89. The first-order valence-corrected chi connectivity index (χ1v) is 10.1. The van der Waals surface area contributed by atoms with Crippen LogP contribution in [-0.2, 0) is 4.79 Å². The number of hydrogen-bond donors (Lipinski definition) is 0. The van der Waals surface area contributed by atoms with E-state index in [4.69, 9.17) is 4.74 Å². The van der Waals surface area contributed by atoms with Crippen molar-refractivity contribution < 1.29 is 9.53 Å². The van der Waals surface area contributed by atoms with E-state index in [2.05, 4.69) is 60.0 Å². The van der Waals surface area contributed by atoms with Crippen LogP contribution in [0.4, 0.5) is 17.1 Å². The van der Waals surface area contributed by atoms with Crippen molar-refractivity contribution in [1.29, 1.82) is 0 Å². The molecule has 0 N–H and O–H groups in total. The zero-order chi connectivity index (χ0) is 21.6. The molecule has 0 radical (unpaired) electrons. The fourth-order valence-corrected chi connectivity index (χ4v) is 3.32. The third kappa shape index (κ3) is 4.73. The van der Waals surface area contributed by atoms with Gasteiger partial charge >= 0.3 is 5.97 Å². The Hall–Kier alpha value is -4.11. The molecule has 0 unspecified atom stereocenters. The number of hydrogen-bond acceptors (Lipinski definition) is 3. The largest absolute Gasteiger partial charge is 0.423 e. The molecule has 0 fully saturated rings. The average Bonchev–Trinajstić information content (AvgIpc) is 2.82. The Kier molecular flexibility index (Phi) is 5.95. The maximum absolute atomic E-state index is 11.8. The third-order valence-electron chi connectivity index (χ3n) is 4.90. The van der Waals surface area contributed by atoms with Crippen molar-refractivity contribution in [2.75, 3.05) is 4.90 Å². The van der Waals surface area contributed by atoms with Crippen LogP contribution >= 0.6 is 0 Å². The molecule has 4 aromatic rings. The Morgan fingerprint density at radius 1 is 0.645 bits per heavy atom. The highest BCUT2D eigenvalue weighted by Gasteiger charge is 2.13. The summed E-state index contributed by atoms with van der Waals surface area (Å²) >= 11 is 0. The van der Waals surface area contributed by atoms with Crippen LogP contribution in [0.15, 0.2) is 121 Å². The second-order valence-electron chi connectivity index (χ2n) is 7.25. The summed E-state index contributed by atoms with van der Waals surface area (Å²) in [5.74, 6) is 0.0633. The van der Waals surface area contributed by atoms with Crippen LogP contribution in [0.1, 0.15) is 6.92 Å². The van der Waals surface area contributed by atoms with Gasteiger partial charge in [0.25, 0.3) is 0 Å². The maximum atomic E-state index is 11.8. The van der Waals surface area contributed by atoms with E-state index in [1.165, 1.54) is 11.1 Å². The van der Waals surface area contributed by atoms with Gasteiger partial charge < -0.3 is 9.64 Å². The van der Waals surface area contributed by atoms with Gasteiger partial charge in [-0.2, -0.15) is 0 Å². The Labute approximate surface area is 182 Å². The molecule has 0 aliphatic carbocycles. The van der Waals surface area contributed by atoms with Crippen LogP contribution in [0.2, 0.25) is 0 Å². The Bertz CT molecular complexity index is 1170. The van der Waals surface area contributed by atoms with Crippen molar-refractivity contribution in [2.45, 2.75) is 6.92 Å². The van der Waals surface area contributed by atoms with E-state index in [0.717, 1.165) is 17.1 Å². The van der Waals surface area contributed by atoms with Crippen LogP contribution in [0, 0.1) is 0 Å². The molecular formula is C28H23NO2. The number of benzene rings is 4. The Balaban J connectivity index is 1.67. The van der Waals surface area contributed by atoms with E-state index in [9.17, 15) is 4.79 Å². The second-order valence-corrected chi connectivity index (χ2v) is 7.25. The average molecular weight is 405 g/mol. The number of anilines is 3. The first-order valence-electron chi connectivity index (χ1n) is 10.1. The summed E-state index contributed by atoms with van der Waals surface area (Å²) in [5, 5.41) is 0. The summed E-state index contributed by atoms with van der Waals surface area (Å²) in [6.45, 7) is 5.25. The summed E-state index contributed by atoms with van der Waals surface area (Å²) in [7, 11) is 0. The fourth-order valence-electron chi connectivity index (χ4n) is 3.32. The van der Waals surface area contributed by atoms with Crippen molar-refractivity contribution in [3.05, 3.63) is 121 Å². The number of esters is 1. The molecular weight excluding hydrogens is 382 g/mol. The quantitative estimate of drug-likeness (QED) is 0.191. The van der Waals surface area contributed by atoms with Gasteiger partial charge in [-0.3, -0.25) is 0 Å². The van der Waals surface area contributed by atoms with E-state index in [1.807, 2.05) is 48.5 Å². The molecule has 31 heavy (non-hydrogen) atoms. The number of ether oxygens (including phenoxy) is 1. The zero-order valence-corrected chi connectivity index (χ0v) is 17.4. The van der Waals surface area contributed by atoms with Gasteiger partial charge in [-0.25, -0.2) is 4.79 Å². The van der Waals surface area contributed by atoms with Crippen LogP contribution in [-0.4, -0.2) is 5.97 Å². The number of rotatable bonds is 6. The Morgan fingerprint density at radius 2 is 1.10 bits per heavy atom. The first-order chi connectivity index (χ1) is 15.1. The smallest absolute Gasteiger partial charge is 0.338 e. The first kappa shape index (κ1) is 20.2. The summed E-state index contributed by atoms with van der Waals surface area (Å²) in [6.07, 6.45) is 0. The van der Waals surface area contributed by atoms with Gasteiger partial charge in [0.2, 0.25) is 0 Å². The van der Waals surface area contributed by atoms with Crippen LogP contribution < -0.4 is 9.64 Å². The Morgan fingerprint density at radius 3 is 1.65 bits per heavy atom. The molecule has 0 aliphatic heterocycles. The molecule has 0 amide bonds. The van der Waals surface area contributed by atoms with Gasteiger partial charge in [-0.05, 0) is 66.6 Å². The van der Waals surface area contributed by atoms with E-state index in [0.29, 0.717) is 11.3 Å². The van der Waals surface area contributed by atoms with Crippen molar-refractivity contribution in [3.8, 4) is 16.9 Å². The van der Waals surface area contributed by atoms with Crippen molar-refractivity contribution in [1.82, 2.24) is 0 Å². The highest BCUT2D eigenvalue weighted by atomic mass is 16.5. The van der Waals surface area contributed by atoms with Gasteiger partial charge in [-0.1, -0.05) is 67.2 Å². The van der Waals surface area contributed by atoms with Gasteiger partial charge in [0, 0.05) is 22.6 Å². The lowest BCUT2D eigenvalue weighted by atomic mass is 10.0. The predicted molar refractivity (Wildman–Crippen MR) is 127 cm³/mol. The van der Waals surface area contributed by atoms with E-state index < -0.39 is 5.97 Å². The predicted octanol–water partition coefficient (Wildman–Crippen LogP) is 7.30. The summed E-state index contributed by atoms with van der Waals surface area (Å²) < 4.78 is 5.33. The van der Waals surface area contributed by atoms with Gasteiger partial charge in [0.15, 0.2) is 0 Å². The summed E-state index contributed by atoms with van der Waals surface area (Å²) in [6, 6.07) is 36.5. The lowest BCUT2D eigenvalue weighted by Gasteiger charge is -2.25. The molecule has 0 saturated heterocycles. The van der Waals surface area contributed by atoms with Gasteiger partial charge in [0.1, 0.15) is 5.75 Å². The van der Waals surface area contributed by atoms with E-state index >= 15 is 0 Å². The molecule has 0 bridgehead atoms. The number of carbonyl (C=O) groups excluding carboxylic acids is 1. The molecule has 3 nitrogen and oxygen atoms in total. The molecule has 0 heterocycles. The van der Waals surface area contributed by atoms with Crippen molar-refractivity contribution >= 4 is 23.0 Å². The molecule has 4 aromatic carbocycles. The SMILES string of the molecule is C=C(C)C(=O)Oc1ccc(N(c2ccccc2)c2ccc(-c3ccccc3)cc2)cc1. The maximum Gasteiger partial charge on any atom is 0.338 e. The molecule has 0 aromatic heterocycles. The van der Waals surface area contributed by atoms with Crippen LogP contribution in [0.5, 0.6) is 5.75 Å². The summed E-state index contributed by atoms with van der Waals surface area (Å²) in [5.41, 5.74) is 5.77. The van der Waals surface area contributed by atoms with Gasteiger partial charge in [0.05, 0.1) is 0 Å². The lowest BCUT2D eigenvalue weighted by molar-refractivity contribution is -0.130. The molecule has 0 aliphatic rings. The van der Waals surface area contributed by atoms with E-state index in [-0.39, 0.29) is 0 Å². The normalized spacial score (nSPS) is 10.4. The minimum Gasteiger partial charge on any atom is -0.423 e. The fraction of sp³-hybridized carbons (Fsp3) is 0.0357. The minimum atomic E-state index is -0.427. The molecule has 3 heteroatoms. The monoisotopic (exact) mass is 405 g/mol. The second kappa shape index (κ2) is 9.14. The van der Waals surface area contributed by atoms with E-state index in [1.54, 1.807) is 19.1 Å².